The number of aromatic amines is 1. The molecule has 1 aromatic carbocycles. The highest BCUT2D eigenvalue weighted by Crippen LogP contribution is 2.44. The first kappa shape index (κ1) is 20.7. The summed E-state index contributed by atoms with van der Waals surface area (Å²) >= 11 is 0. The van der Waals surface area contributed by atoms with Gasteiger partial charge in [-0.15, -0.1) is 10.2 Å². The Kier molecular flexibility index (Phi) is 5.43. The number of aliphatic hydroxyl groups is 1. The number of aliphatic hydroxyl groups excluding tert-OH is 1. The molecule has 0 amide bonds. The van der Waals surface area contributed by atoms with Crippen LogP contribution in [0.3, 0.4) is 0 Å². The number of aromatic nitrogens is 5. The quantitative estimate of drug-likeness (QED) is 0.503. The fourth-order valence-corrected chi connectivity index (χ4v) is 4.44. The zero-order chi connectivity index (χ0) is 22.2. The molecular weight excluding hydrogens is 402 g/mol. The molecule has 3 heterocycles. The van der Waals surface area contributed by atoms with Crippen LogP contribution in [0.4, 0.5) is 0 Å². The number of rotatable bonds is 4. The highest BCUT2D eigenvalue weighted by molar-refractivity contribution is 5.87. The number of hydrogen-bond acceptors (Lipinski definition) is 4. The third-order valence-corrected chi connectivity index (χ3v) is 6.62. The van der Waals surface area contributed by atoms with E-state index in [0.29, 0.717) is 17.4 Å². The van der Waals surface area contributed by atoms with Crippen LogP contribution in [-0.2, 0) is 7.05 Å². The third-order valence-electron chi connectivity index (χ3n) is 6.62. The summed E-state index contributed by atoms with van der Waals surface area (Å²) in [5, 5.41) is 18.8. The summed E-state index contributed by atoms with van der Waals surface area (Å²) in [5.41, 5.74) is 3.36. The lowest BCUT2D eigenvalue weighted by molar-refractivity contribution is 0.201. The topological polar surface area (TPSA) is 88.7 Å². The molecule has 2 N–H and O–H groups in total. The van der Waals surface area contributed by atoms with E-state index in [0.717, 1.165) is 40.9 Å². The van der Waals surface area contributed by atoms with Crippen molar-refractivity contribution in [2.24, 2.45) is 7.05 Å². The number of nitrogens with zero attached hydrogens (tertiary/aromatic N) is 4. The van der Waals surface area contributed by atoms with Gasteiger partial charge < -0.3 is 14.7 Å². The predicted octanol–water partition coefficient (Wildman–Crippen LogP) is 4.33. The van der Waals surface area contributed by atoms with E-state index in [9.17, 15) is 9.90 Å². The molecule has 6 rings (SSSR count). The van der Waals surface area contributed by atoms with E-state index in [2.05, 4.69) is 15.2 Å². The molecule has 0 spiro atoms. The van der Waals surface area contributed by atoms with Gasteiger partial charge in [-0.2, -0.15) is 0 Å². The molecule has 1 atom stereocenters. The molecule has 4 aromatic rings. The second kappa shape index (κ2) is 8.39. The zero-order valence-electron chi connectivity index (χ0n) is 18.5. The third kappa shape index (κ3) is 3.77. The highest BCUT2D eigenvalue weighted by Gasteiger charge is 2.29. The number of hydrogen-bond donors (Lipinski definition) is 2. The van der Waals surface area contributed by atoms with Crippen LogP contribution in [0.1, 0.15) is 73.9 Å². The molecular formula is C25H29N5O2. The molecule has 1 unspecified atom stereocenters. The lowest BCUT2D eigenvalue weighted by atomic mass is 9.85. The molecule has 7 nitrogen and oxygen atoms in total. The fourth-order valence-electron chi connectivity index (χ4n) is 4.44. The Morgan fingerprint density at radius 2 is 1.88 bits per heavy atom. The Morgan fingerprint density at radius 3 is 2.44 bits per heavy atom. The van der Waals surface area contributed by atoms with Gasteiger partial charge >= 0.3 is 0 Å². The fraction of sp³-hybridized carbons (Fsp3) is 0.400. The monoisotopic (exact) mass is 431 g/mol. The van der Waals surface area contributed by atoms with Crippen molar-refractivity contribution in [2.45, 2.75) is 57.0 Å². The van der Waals surface area contributed by atoms with E-state index in [1.165, 1.54) is 19.3 Å². The maximum atomic E-state index is 12.8. The second-order valence-electron chi connectivity index (χ2n) is 8.97. The van der Waals surface area contributed by atoms with Gasteiger partial charge in [0.05, 0.1) is 6.10 Å². The van der Waals surface area contributed by atoms with Gasteiger partial charge in [0.25, 0.3) is 5.56 Å². The van der Waals surface area contributed by atoms with Crippen LogP contribution < -0.4 is 5.56 Å². The number of fused-ring (bicyclic) bond motifs is 1. The summed E-state index contributed by atoms with van der Waals surface area (Å²) in [6, 6.07) is 9.66. The molecule has 3 aromatic heterocycles. The Balaban J connectivity index is 0.000000180. The Labute approximate surface area is 186 Å². The van der Waals surface area contributed by atoms with Gasteiger partial charge in [-0.3, -0.25) is 9.36 Å². The van der Waals surface area contributed by atoms with Crippen LogP contribution in [0.25, 0.3) is 16.6 Å². The minimum Gasteiger partial charge on any atom is -0.389 e. The maximum Gasteiger partial charge on any atom is 0.279 e. The summed E-state index contributed by atoms with van der Waals surface area (Å²) in [7, 11) is 2.01. The molecule has 0 radical (unpaired) electrons. The van der Waals surface area contributed by atoms with Crippen molar-refractivity contribution in [3.8, 4) is 5.69 Å². The molecule has 2 saturated carbocycles. The Hall–Kier alpha value is -3.19. The van der Waals surface area contributed by atoms with Gasteiger partial charge in [-0.1, -0.05) is 24.6 Å². The van der Waals surface area contributed by atoms with Crippen molar-refractivity contribution in [1.29, 1.82) is 0 Å². The second-order valence-corrected chi connectivity index (χ2v) is 8.97. The number of pyridine rings is 1. The predicted molar refractivity (Wildman–Crippen MR) is 124 cm³/mol. The number of nitrogens with one attached hydrogen (secondary N) is 1. The lowest BCUT2D eigenvalue weighted by Gasteiger charge is -2.23. The Morgan fingerprint density at radius 1 is 1.12 bits per heavy atom. The van der Waals surface area contributed by atoms with Crippen molar-refractivity contribution in [3.05, 3.63) is 76.4 Å². The summed E-state index contributed by atoms with van der Waals surface area (Å²) in [6.45, 7) is 1.74. The molecule has 2 aliphatic rings. The molecule has 7 heteroatoms. The van der Waals surface area contributed by atoms with Crippen LogP contribution in [0.15, 0.2) is 53.8 Å². The summed E-state index contributed by atoms with van der Waals surface area (Å²) in [5.74, 6) is 2.35. The van der Waals surface area contributed by atoms with E-state index in [4.69, 9.17) is 0 Å². The molecule has 0 bridgehead atoms. The van der Waals surface area contributed by atoms with E-state index in [-0.39, 0.29) is 5.56 Å². The van der Waals surface area contributed by atoms with Gasteiger partial charge in [-0.05, 0) is 56.2 Å². The van der Waals surface area contributed by atoms with Gasteiger partial charge in [0.15, 0.2) is 0 Å². The Bertz CT molecular complexity index is 1280. The van der Waals surface area contributed by atoms with Gasteiger partial charge in [0.1, 0.15) is 17.7 Å². The number of benzene rings is 1. The van der Waals surface area contributed by atoms with Gasteiger partial charge in [0, 0.05) is 42.0 Å². The molecule has 32 heavy (non-hydrogen) atoms. The molecule has 0 aliphatic heterocycles. The van der Waals surface area contributed by atoms with E-state index in [1.807, 2.05) is 48.1 Å². The maximum absolute atomic E-state index is 12.8. The van der Waals surface area contributed by atoms with Crippen LogP contribution in [0.2, 0.25) is 0 Å². The average Bonchev–Trinajstić information content (AvgIpc) is 3.36. The van der Waals surface area contributed by atoms with Gasteiger partial charge in [-0.25, -0.2) is 0 Å². The largest absolute Gasteiger partial charge is 0.389 e. The van der Waals surface area contributed by atoms with Crippen LogP contribution in [0, 0.1) is 0 Å². The van der Waals surface area contributed by atoms with Crippen molar-refractivity contribution >= 4 is 10.9 Å². The van der Waals surface area contributed by atoms with Crippen molar-refractivity contribution in [2.75, 3.05) is 0 Å². The summed E-state index contributed by atoms with van der Waals surface area (Å²) in [6.07, 6.45) is 11.1. The standard InChI is InChI=1S/C18H18N2O2.C7H11N3/c1-11(21)14-9-19-17-16(14)15(12-7-8-12)10-20(18(17)22)13-5-3-2-4-6-13;1-10-5-8-9-7(10)6-3-2-4-6/h2-6,9-12,19,21H,7-8H2,1H3;5-6H,2-4H2,1H3. The van der Waals surface area contributed by atoms with E-state index in [1.54, 1.807) is 24.0 Å². The zero-order valence-corrected chi connectivity index (χ0v) is 18.5. The van der Waals surface area contributed by atoms with Crippen LogP contribution in [0.5, 0.6) is 0 Å². The number of H-pyrrole nitrogens is 1. The first-order valence-corrected chi connectivity index (χ1v) is 11.4. The molecule has 166 valence electrons. The lowest BCUT2D eigenvalue weighted by Crippen LogP contribution is -2.19. The SMILES string of the molecule is CC(O)c1c[nH]c2c(=O)n(-c3ccccc3)cc(C3CC3)c12.Cn1cnnc1C1CCC1. The van der Waals surface area contributed by atoms with E-state index >= 15 is 0 Å². The van der Waals surface area contributed by atoms with Crippen molar-refractivity contribution < 1.29 is 5.11 Å². The smallest absolute Gasteiger partial charge is 0.279 e. The molecule has 0 saturated heterocycles. The van der Waals surface area contributed by atoms with Gasteiger partial charge in [0.2, 0.25) is 0 Å². The first-order valence-electron chi connectivity index (χ1n) is 11.4. The average molecular weight is 432 g/mol. The van der Waals surface area contributed by atoms with Crippen molar-refractivity contribution in [1.82, 2.24) is 24.3 Å². The first-order chi connectivity index (χ1) is 15.5. The number of aryl methyl sites for hydroxylation is 1. The summed E-state index contributed by atoms with van der Waals surface area (Å²) in [4.78, 5) is 15.9. The van der Waals surface area contributed by atoms with E-state index < -0.39 is 6.10 Å². The van der Waals surface area contributed by atoms with Crippen molar-refractivity contribution in [3.63, 3.8) is 0 Å². The molecule has 2 fully saturated rings. The minimum absolute atomic E-state index is 0.0718. The summed E-state index contributed by atoms with van der Waals surface area (Å²) < 4.78 is 3.72. The van der Waals surface area contributed by atoms with Crippen LogP contribution >= 0.6 is 0 Å². The number of para-hydroxylation sites is 1. The minimum atomic E-state index is -0.585. The van der Waals surface area contributed by atoms with Crippen LogP contribution in [-0.4, -0.2) is 29.4 Å². The normalized spacial score (nSPS) is 17.0. The highest BCUT2D eigenvalue weighted by atomic mass is 16.3. The molecule has 2 aliphatic carbocycles.